The van der Waals surface area contributed by atoms with E-state index in [2.05, 4.69) is 20.3 Å². The van der Waals surface area contributed by atoms with Gasteiger partial charge in [0, 0.05) is 16.8 Å². The molecular weight excluding hydrogens is 442 g/mol. The van der Waals surface area contributed by atoms with Crippen molar-refractivity contribution in [1.82, 2.24) is 15.0 Å². The van der Waals surface area contributed by atoms with Gasteiger partial charge in [-0.1, -0.05) is 36.8 Å². The summed E-state index contributed by atoms with van der Waals surface area (Å²) in [4.78, 5) is 28.1. The molecule has 0 amide bonds. The molecule has 9 heteroatoms. The van der Waals surface area contributed by atoms with Gasteiger partial charge in [0.1, 0.15) is 10.6 Å². The van der Waals surface area contributed by atoms with Gasteiger partial charge in [0.2, 0.25) is 0 Å². The molecule has 0 fully saturated rings. The molecule has 4 aromatic rings. The van der Waals surface area contributed by atoms with Gasteiger partial charge in [-0.3, -0.25) is 0 Å². The van der Waals surface area contributed by atoms with E-state index in [0.717, 1.165) is 28.6 Å². The van der Waals surface area contributed by atoms with Crippen LogP contribution in [0, 0.1) is 0 Å². The number of ether oxygens (including phenoxy) is 1. The van der Waals surface area contributed by atoms with Crippen LogP contribution in [-0.2, 0) is 30.7 Å². The van der Waals surface area contributed by atoms with Gasteiger partial charge in [0.15, 0.2) is 23.3 Å². The second-order valence-electron chi connectivity index (χ2n) is 7.72. The quantitative estimate of drug-likeness (QED) is 0.306. The lowest BCUT2D eigenvalue weighted by Crippen LogP contribution is -2.09. The van der Waals surface area contributed by atoms with Crippen LogP contribution in [0.25, 0.3) is 10.2 Å². The molecule has 0 aliphatic heterocycles. The number of hydrogen-bond donors (Lipinski definition) is 2. The second kappa shape index (κ2) is 9.22. The van der Waals surface area contributed by atoms with E-state index in [1.54, 1.807) is 16.7 Å². The Morgan fingerprint density at radius 1 is 1.09 bits per heavy atom. The summed E-state index contributed by atoms with van der Waals surface area (Å²) in [5, 5.41) is 6.56. The Balaban J connectivity index is 1.24. The van der Waals surface area contributed by atoms with Gasteiger partial charge in [-0.2, -0.15) is 0 Å². The average Bonchev–Trinajstić information content (AvgIpc) is 3.35. The van der Waals surface area contributed by atoms with Crippen LogP contribution >= 0.6 is 22.7 Å². The number of aromatic nitrogens is 3. The summed E-state index contributed by atoms with van der Waals surface area (Å²) < 4.78 is 5.42. The number of nitrogen functional groups attached to an aromatic ring is 1. The number of benzene rings is 1. The molecule has 0 bridgehead atoms. The monoisotopic (exact) mass is 465 g/mol. The molecule has 0 saturated carbocycles. The van der Waals surface area contributed by atoms with E-state index in [1.807, 2.05) is 30.3 Å². The Morgan fingerprint density at radius 3 is 2.81 bits per heavy atom. The van der Waals surface area contributed by atoms with Crippen LogP contribution in [0.2, 0.25) is 0 Å². The fraction of sp³-hybridized carbons (Fsp3) is 0.304. The van der Waals surface area contributed by atoms with Crippen molar-refractivity contribution < 1.29 is 9.53 Å². The molecule has 5 rings (SSSR count). The highest BCUT2D eigenvalue weighted by atomic mass is 32.1. The zero-order valence-electron chi connectivity index (χ0n) is 17.5. The molecule has 3 aromatic heterocycles. The summed E-state index contributed by atoms with van der Waals surface area (Å²) in [7, 11) is 0. The van der Waals surface area contributed by atoms with Crippen LogP contribution in [0.15, 0.2) is 35.7 Å². The number of anilines is 2. The largest absolute Gasteiger partial charge is 0.453 e. The molecule has 0 atom stereocenters. The zero-order chi connectivity index (χ0) is 21.9. The minimum Gasteiger partial charge on any atom is -0.453 e. The van der Waals surface area contributed by atoms with Gasteiger partial charge in [-0.15, -0.1) is 22.7 Å². The SMILES string of the molecule is Nc1nc(COC(=O)c2csc(NCc3ccccc3)n2)nc2sc3c(c12)CCCCC3. The minimum absolute atomic E-state index is 0.0359. The number of hydrogen-bond acceptors (Lipinski definition) is 9. The van der Waals surface area contributed by atoms with Gasteiger partial charge in [0.05, 0.1) is 5.39 Å². The fourth-order valence-corrected chi connectivity index (χ4v) is 5.87. The number of fused-ring (bicyclic) bond motifs is 3. The van der Waals surface area contributed by atoms with Gasteiger partial charge >= 0.3 is 5.97 Å². The minimum atomic E-state index is -0.502. The number of thiophene rings is 1. The third-order valence-corrected chi connectivity index (χ3v) is 7.46. The molecule has 1 aliphatic carbocycles. The Bertz CT molecular complexity index is 1250. The third-order valence-electron chi connectivity index (χ3n) is 5.47. The van der Waals surface area contributed by atoms with E-state index >= 15 is 0 Å². The van der Waals surface area contributed by atoms with E-state index in [1.165, 1.54) is 41.0 Å². The fourth-order valence-electron chi connectivity index (χ4n) is 3.90. The van der Waals surface area contributed by atoms with Crippen LogP contribution in [0.3, 0.4) is 0 Å². The molecule has 32 heavy (non-hydrogen) atoms. The highest BCUT2D eigenvalue weighted by molar-refractivity contribution is 7.19. The average molecular weight is 466 g/mol. The summed E-state index contributed by atoms with van der Waals surface area (Å²) in [6.45, 7) is 0.604. The van der Waals surface area contributed by atoms with Crippen molar-refractivity contribution in [2.45, 2.75) is 45.3 Å². The Morgan fingerprint density at radius 2 is 1.94 bits per heavy atom. The maximum absolute atomic E-state index is 12.5. The lowest BCUT2D eigenvalue weighted by atomic mass is 10.1. The number of rotatable bonds is 6. The normalized spacial score (nSPS) is 13.5. The zero-order valence-corrected chi connectivity index (χ0v) is 19.1. The summed E-state index contributed by atoms with van der Waals surface area (Å²) >= 11 is 3.06. The first-order valence-corrected chi connectivity index (χ1v) is 12.3. The topological polar surface area (TPSA) is 103 Å². The van der Waals surface area contributed by atoms with Crippen molar-refractivity contribution in [3.05, 3.63) is 63.2 Å². The van der Waals surface area contributed by atoms with Gasteiger partial charge in [-0.05, 0) is 36.8 Å². The van der Waals surface area contributed by atoms with E-state index < -0.39 is 5.97 Å². The Hall–Kier alpha value is -3.04. The van der Waals surface area contributed by atoms with E-state index in [9.17, 15) is 4.79 Å². The summed E-state index contributed by atoms with van der Waals surface area (Å²) in [6.07, 6.45) is 5.73. The molecule has 0 radical (unpaired) electrons. The molecule has 164 valence electrons. The predicted octanol–water partition coefficient (Wildman–Crippen LogP) is 4.97. The molecule has 0 spiro atoms. The Labute approximate surface area is 193 Å². The maximum Gasteiger partial charge on any atom is 0.358 e. The number of carbonyl (C=O) groups is 1. The molecular formula is C23H23N5O2S2. The van der Waals surface area contributed by atoms with Crippen LogP contribution in [-0.4, -0.2) is 20.9 Å². The number of nitrogens with one attached hydrogen (secondary N) is 1. The van der Waals surface area contributed by atoms with Gasteiger partial charge in [0.25, 0.3) is 0 Å². The first-order valence-electron chi connectivity index (χ1n) is 10.6. The lowest BCUT2D eigenvalue weighted by molar-refractivity contribution is 0.0457. The highest BCUT2D eigenvalue weighted by Crippen LogP contribution is 2.37. The predicted molar refractivity (Wildman–Crippen MR) is 128 cm³/mol. The number of esters is 1. The van der Waals surface area contributed by atoms with E-state index in [-0.39, 0.29) is 12.3 Å². The van der Waals surface area contributed by atoms with Gasteiger partial charge < -0.3 is 15.8 Å². The molecule has 3 N–H and O–H groups in total. The highest BCUT2D eigenvalue weighted by Gasteiger charge is 2.20. The summed E-state index contributed by atoms with van der Waals surface area (Å²) in [5.41, 5.74) is 8.99. The smallest absolute Gasteiger partial charge is 0.358 e. The van der Waals surface area contributed by atoms with Gasteiger partial charge in [-0.25, -0.2) is 19.7 Å². The number of nitrogens with zero attached hydrogens (tertiary/aromatic N) is 3. The Kier molecular flexibility index (Phi) is 6.00. The summed E-state index contributed by atoms with van der Waals surface area (Å²) in [6, 6.07) is 10.0. The number of carbonyl (C=O) groups excluding carboxylic acids is 1. The van der Waals surface area contributed by atoms with Crippen LogP contribution in [0.5, 0.6) is 0 Å². The third kappa shape index (κ3) is 4.44. The van der Waals surface area contributed by atoms with Crippen molar-refractivity contribution in [2.75, 3.05) is 11.1 Å². The van der Waals surface area contributed by atoms with E-state index in [4.69, 9.17) is 10.5 Å². The van der Waals surface area contributed by atoms with E-state index in [0.29, 0.717) is 23.3 Å². The molecule has 1 aromatic carbocycles. The number of nitrogens with two attached hydrogens (primary N) is 1. The number of aryl methyl sites for hydroxylation is 2. The van der Waals surface area contributed by atoms with Crippen molar-refractivity contribution in [1.29, 1.82) is 0 Å². The number of thiazole rings is 1. The molecule has 7 nitrogen and oxygen atoms in total. The first kappa shape index (κ1) is 20.8. The second-order valence-corrected chi connectivity index (χ2v) is 9.66. The van der Waals surface area contributed by atoms with Crippen molar-refractivity contribution in [2.24, 2.45) is 0 Å². The first-order chi connectivity index (χ1) is 15.7. The molecule has 0 unspecified atom stereocenters. The molecule has 3 heterocycles. The van der Waals surface area contributed by atoms with Crippen LogP contribution in [0.1, 0.15) is 51.6 Å². The van der Waals surface area contributed by atoms with Crippen LogP contribution in [0.4, 0.5) is 10.9 Å². The molecule has 1 aliphatic rings. The van der Waals surface area contributed by atoms with Crippen molar-refractivity contribution in [3.8, 4) is 0 Å². The lowest BCUT2D eigenvalue weighted by Gasteiger charge is -2.05. The standard InChI is InChI=1S/C23H23N5O2S2/c24-20-19-15-9-5-2-6-10-17(15)32-21(19)28-18(27-20)12-30-22(29)16-13-31-23(26-16)25-11-14-7-3-1-4-8-14/h1,3-4,7-8,13H,2,5-6,9-12H2,(H,25,26)(H2,24,27,28). The maximum atomic E-state index is 12.5. The van der Waals surface area contributed by atoms with Crippen molar-refractivity contribution >= 4 is 49.8 Å². The van der Waals surface area contributed by atoms with Crippen LogP contribution < -0.4 is 11.1 Å². The van der Waals surface area contributed by atoms with Crippen molar-refractivity contribution in [3.63, 3.8) is 0 Å². The molecule has 0 saturated heterocycles. The summed E-state index contributed by atoms with van der Waals surface area (Å²) in [5.74, 6) is 0.386.